The summed E-state index contributed by atoms with van der Waals surface area (Å²) in [4.78, 5) is 30.0. The van der Waals surface area contributed by atoms with Crippen LogP contribution in [0.15, 0.2) is 5.38 Å². The van der Waals surface area contributed by atoms with Crippen LogP contribution in [0.5, 0.6) is 0 Å². The summed E-state index contributed by atoms with van der Waals surface area (Å²) in [6.45, 7) is 7.48. The van der Waals surface area contributed by atoms with Crippen molar-refractivity contribution in [3.05, 3.63) is 16.1 Å². The van der Waals surface area contributed by atoms with E-state index in [1.54, 1.807) is 12.3 Å². The van der Waals surface area contributed by atoms with Gasteiger partial charge in [0.15, 0.2) is 5.69 Å². The summed E-state index contributed by atoms with van der Waals surface area (Å²) in [6, 6.07) is 0. The highest BCUT2D eigenvalue weighted by Gasteiger charge is 2.17. The number of hydrogen-bond donors (Lipinski definition) is 0. The molecule has 0 aliphatic rings. The van der Waals surface area contributed by atoms with Gasteiger partial charge in [-0.25, -0.2) is 9.78 Å². The maximum atomic E-state index is 12.3. The van der Waals surface area contributed by atoms with Gasteiger partial charge in [-0.05, 0) is 19.8 Å². The summed E-state index contributed by atoms with van der Waals surface area (Å²) in [7, 11) is 0. The third-order valence-electron chi connectivity index (χ3n) is 3.20. The molecule has 0 spiro atoms. The van der Waals surface area contributed by atoms with Crippen LogP contribution in [0.1, 0.15) is 68.4 Å². The molecule has 0 aliphatic carbocycles. The van der Waals surface area contributed by atoms with Crippen molar-refractivity contribution in [1.29, 1.82) is 0 Å². The van der Waals surface area contributed by atoms with Gasteiger partial charge in [0.25, 0.3) is 0 Å². The van der Waals surface area contributed by atoms with Crippen LogP contribution < -0.4 is 0 Å². The molecule has 1 aromatic heterocycles. The Morgan fingerprint density at radius 3 is 2.64 bits per heavy atom. The van der Waals surface area contributed by atoms with E-state index in [9.17, 15) is 9.59 Å². The third kappa shape index (κ3) is 6.13. The third-order valence-corrected chi connectivity index (χ3v) is 4.04. The molecule has 22 heavy (non-hydrogen) atoms. The predicted molar refractivity (Wildman–Crippen MR) is 87.9 cm³/mol. The van der Waals surface area contributed by atoms with Crippen LogP contribution in [-0.2, 0) is 16.1 Å². The van der Waals surface area contributed by atoms with Gasteiger partial charge in [-0.3, -0.25) is 4.79 Å². The van der Waals surface area contributed by atoms with Crippen LogP contribution in [0.3, 0.4) is 0 Å². The van der Waals surface area contributed by atoms with Crippen molar-refractivity contribution < 1.29 is 14.3 Å². The number of amides is 1. The molecule has 0 aromatic carbocycles. The molecule has 1 heterocycles. The quantitative estimate of drug-likeness (QED) is 0.486. The molecular weight excluding hydrogens is 300 g/mol. The fourth-order valence-electron chi connectivity index (χ4n) is 2.09. The van der Waals surface area contributed by atoms with E-state index in [0.29, 0.717) is 25.3 Å². The Balaban J connectivity index is 2.62. The summed E-state index contributed by atoms with van der Waals surface area (Å²) in [6.07, 6.45) is 4.62. The van der Waals surface area contributed by atoms with E-state index in [-0.39, 0.29) is 5.91 Å². The number of carbonyl (C=O) groups excluding carboxylic acids is 2. The molecule has 124 valence electrons. The fraction of sp³-hybridized carbons (Fsp3) is 0.688. The van der Waals surface area contributed by atoms with Crippen LogP contribution in [0.2, 0.25) is 0 Å². The van der Waals surface area contributed by atoms with E-state index in [1.807, 2.05) is 4.90 Å². The number of hydrogen-bond acceptors (Lipinski definition) is 5. The topological polar surface area (TPSA) is 59.5 Å². The zero-order chi connectivity index (χ0) is 16.4. The number of carbonyl (C=O) groups is 2. The van der Waals surface area contributed by atoms with Gasteiger partial charge in [0.1, 0.15) is 5.01 Å². The predicted octanol–water partition coefficient (Wildman–Crippen LogP) is 3.64. The molecule has 0 unspecified atom stereocenters. The molecule has 0 aliphatic heterocycles. The number of ether oxygens (including phenoxy) is 1. The molecule has 1 aromatic rings. The van der Waals surface area contributed by atoms with Gasteiger partial charge in [-0.2, -0.15) is 0 Å². The van der Waals surface area contributed by atoms with E-state index in [2.05, 4.69) is 18.8 Å². The Bertz CT molecular complexity index is 474. The molecule has 0 saturated carbocycles. The van der Waals surface area contributed by atoms with Crippen molar-refractivity contribution >= 4 is 23.2 Å². The highest BCUT2D eigenvalue weighted by atomic mass is 32.1. The fourth-order valence-corrected chi connectivity index (χ4v) is 2.87. The molecule has 0 atom stereocenters. The van der Waals surface area contributed by atoms with Gasteiger partial charge in [0.2, 0.25) is 5.91 Å². The molecule has 0 N–H and O–H groups in total. The van der Waals surface area contributed by atoms with Crippen molar-refractivity contribution in [1.82, 2.24) is 9.88 Å². The van der Waals surface area contributed by atoms with Crippen molar-refractivity contribution in [2.24, 2.45) is 0 Å². The number of aromatic nitrogens is 1. The molecule has 6 heteroatoms. The number of esters is 1. The standard InChI is InChI=1S/C16H26N2O3S/c1-4-7-8-9-15(19)18(10-5-2)11-14-17-13(12-22-14)16(20)21-6-3/h12H,4-11H2,1-3H3. The zero-order valence-corrected chi connectivity index (χ0v) is 14.6. The Hall–Kier alpha value is -1.43. The zero-order valence-electron chi connectivity index (χ0n) is 13.8. The lowest BCUT2D eigenvalue weighted by atomic mass is 10.2. The highest BCUT2D eigenvalue weighted by Crippen LogP contribution is 2.15. The van der Waals surface area contributed by atoms with Gasteiger partial charge in [0, 0.05) is 18.3 Å². The molecular formula is C16H26N2O3S. The van der Waals surface area contributed by atoms with E-state index < -0.39 is 5.97 Å². The molecule has 0 saturated heterocycles. The van der Waals surface area contributed by atoms with E-state index in [0.717, 1.165) is 37.2 Å². The van der Waals surface area contributed by atoms with Gasteiger partial charge in [0.05, 0.1) is 13.2 Å². The average Bonchev–Trinajstić information content (AvgIpc) is 2.96. The Kier molecular flexibility index (Phi) is 8.74. The SMILES string of the molecule is CCCCCC(=O)N(CCC)Cc1nc(C(=O)OCC)cs1. The molecule has 0 radical (unpaired) electrons. The van der Waals surface area contributed by atoms with Gasteiger partial charge in [-0.1, -0.05) is 26.7 Å². The minimum atomic E-state index is -0.402. The summed E-state index contributed by atoms with van der Waals surface area (Å²) >= 11 is 1.40. The van der Waals surface area contributed by atoms with E-state index >= 15 is 0 Å². The summed E-state index contributed by atoms with van der Waals surface area (Å²) < 4.78 is 4.93. The largest absolute Gasteiger partial charge is 0.461 e. The number of rotatable bonds is 10. The normalized spacial score (nSPS) is 10.5. The first-order valence-electron chi connectivity index (χ1n) is 8.01. The first kappa shape index (κ1) is 18.6. The van der Waals surface area contributed by atoms with Crippen LogP contribution >= 0.6 is 11.3 Å². The minimum Gasteiger partial charge on any atom is -0.461 e. The smallest absolute Gasteiger partial charge is 0.357 e. The number of thiazole rings is 1. The molecule has 1 rings (SSSR count). The second-order valence-electron chi connectivity index (χ2n) is 5.12. The molecule has 0 bridgehead atoms. The van der Waals surface area contributed by atoms with E-state index in [4.69, 9.17) is 4.74 Å². The number of unbranched alkanes of at least 4 members (excludes halogenated alkanes) is 2. The van der Waals surface area contributed by atoms with E-state index in [1.165, 1.54) is 11.3 Å². The van der Waals surface area contributed by atoms with Crippen LogP contribution in [0.4, 0.5) is 0 Å². The van der Waals surface area contributed by atoms with Gasteiger partial charge < -0.3 is 9.64 Å². The van der Waals surface area contributed by atoms with Crippen molar-refractivity contribution in [3.8, 4) is 0 Å². The second-order valence-corrected chi connectivity index (χ2v) is 6.06. The highest BCUT2D eigenvalue weighted by molar-refractivity contribution is 7.09. The maximum absolute atomic E-state index is 12.3. The molecule has 0 fully saturated rings. The monoisotopic (exact) mass is 326 g/mol. The summed E-state index contributed by atoms with van der Waals surface area (Å²) in [5.74, 6) is -0.232. The van der Waals surface area contributed by atoms with Crippen molar-refractivity contribution in [3.63, 3.8) is 0 Å². The van der Waals surface area contributed by atoms with Crippen LogP contribution in [0.25, 0.3) is 0 Å². The van der Waals surface area contributed by atoms with Gasteiger partial charge >= 0.3 is 5.97 Å². The first-order chi connectivity index (χ1) is 10.6. The average molecular weight is 326 g/mol. The lowest BCUT2D eigenvalue weighted by Gasteiger charge is -2.21. The Labute approximate surface area is 136 Å². The minimum absolute atomic E-state index is 0.170. The Morgan fingerprint density at radius 1 is 1.23 bits per heavy atom. The van der Waals surface area contributed by atoms with Crippen LogP contribution in [-0.4, -0.2) is 34.9 Å². The van der Waals surface area contributed by atoms with Crippen LogP contribution in [0, 0.1) is 0 Å². The summed E-state index contributed by atoms with van der Waals surface area (Å²) in [5.41, 5.74) is 0.330. The number of nitrogens with zero attached hydrogens (tertiary/aromatic N) is 2. The lowest BCUT2D eigenvalue weighted by molar-refractivity contribution is -0.132. The van der Waals surface area contributed by atoms with Gasteiger partial charge in [-0.15, -0.1) is 11.3 Å². The molecule has 5 nitrogen and oxygen atoms in total. The van der Waals surface area contributed by atoms with Crippen molar-refractivity contribution in [2.45, 2.75) is 59.4 Å². The Morgan fingerprint density at radius 2 is 2.00 bits per heavy atom. The first-order valence-corrected chi connectivity index (χ1v) is 8.89. The maximum Gasteiger partial charge on any atom is 0.357 e. The summed E-state index contributed by atoms with van der Waals surface area (Å²) in [5, 5.41) is 2.47. The van der Waals surface area contributed by atoms with Crippen molar-refractivity contribution in [2.75, 3.05) is 13.2 Å². The lowest BCUT2D eigenvalue weighted by Crippen LogP contribution is -2.31. The molecule has 1 amide bonds. The second kappa shape index (κ2) is 10.3.